The Morgan fingerprint density at radius 1 is 0.398 bits per heavy atom. The van der Waals surface area contributed by atoms with Crippen LogP contribution in [0.2, 0.25) is 0 Å². The molecule has 3 saturated heterocycles. The van der Waals surface area contributed by atoms with Crippen LogP contribution in [0.4, 0.5) is 0 Å². The van der Waals surface area contributed by atoms with Crippen molar-refractivity contribution in [3.8, 4) is 0 Å². The summed E-state index contributed by atoms with van der Waals surface area (Å²) < 4.78 is 34.4. The van der Waals surface area contributed by atoms with Gasteiger partial charge in [-0.05, 0) is 19.3 Å². The molecular weight excluding hydrogens is 1130 g/mol. The number of hydrogen-bond donors (Lipinski definition) is 12. The predicted molar refractivity (Wildman–Crippen MR) is 342 cm³/mol. The van der Waals surface area contributed by atoms with E-state index in [1.54, 1.807) is 6.08 Å². The smallest absolute Gasteiger partial charge is 0.220 e. The summed E-state index contributed by atoms with van der Waals surface area (Å²) in [5.74, 6) is -0.269. The Bertz CT molecular complexity index is 1650. The SMILES string of the molecule is CCCCCCCCCCCCCCCCCCCCCCCC/C=C/C(O)C(COC1OC(CO)C(OC2OC(CO)C(OC3OC(CO)C(O)C(O)C3O)C(O)C2O)C(O)C1O)NC(=O)CCCCCCCCCCCCCCCCCCCCC. The standard InChI is InChI=1S/C69H131NO18/c1-3-5-7-9-11-13-15-17-19-21-23-24-25-26-27-29-30-32-34-36-38-40-42-44-46-53(74)52(70-57(75)47-45-43-41-39-37-35-33-31-28-22-20-18-16-14-12-10-8-6-4-2)51-83-67-63(81)60(78)65(55(49-72)85-67)88-69-64(82)61(79)66(56(50-73)86-69)87-68-62(80)59(77)58(76)54(48-71)84-68/h44,46,52-56,58-69,71-74,76-82H,3-43,45,47-51H2,1-2H3,(H,70,75)/b46-44+. The van der Waals surface area contributed by atoms with Crippen LogP contribution in [0.3, 0.4) is 0 Å². The monoisotopic (exact) mass is 1260 g/mol. The number of hydrogen-bond acceptors (Lipinski definition) is 18. The van der Waals surface area contributed by atoms with Gasteiger partial charge in [-0.25, -0.2) is 0 Å². The molecule has 17 unspecified atom stereocenters. The maximum atomic E-state index is 13.4. The number of nitrogens with one attached hydrogen (secondary N) is 1. The first-order valence-corrected chi connectivity index (χ1v) is 35.9. The van der Waals surface area contributed by atoms with Crippen molar-refractivity contribution in [2.75, 3.05) is 26.4 Å². The van der Waals surface area contributed by atoms with E-state index in [1.165, 1.54) is 218 Å². The molecule has 0 bridgehead atoms. The summed E-state index contributed by atoms with van der Waals surface area (Å²) in [4.78, 5) is 13.4. The maximum absolute atomic E-state index is 13.4. The Morgan fingerprint density at radius 2 is 0.705 bits per heavy atom. The molecule has 12 N–H and O–H groups in total. The summed E-state index contributed by atoms with van der Waals surface area (Å²) in [6.45, 7) is 1.78. The summed E-state index contributed by atoms with van der Waals surface area (Å²) in [5.41, 5.74) is 0. The number of allylic oxidation sites excluding steroid dienone is 1. The second-order valence-corrected chi connectivity index (χ2v) is 26.1. The Balaban J connectivity index is 1.43. The van der Waals surface area contributed by atoms with Crippen LogP contribution >= 0.6 is 0 Å². The van der Waals surface area contributed by atoms with E-state index in [0.717, 1.165) is 44.9 Å². The van der Waals surface area contributed by atoms with Gasteiger partial charge in [-0.15, -0.1) is 0 Å². The van der Waals surface area contributed by atoms with Gasteiger partial charge >= 0.3 is 0 Å². The summed E-state index contributed by atoms with van der Waals surface area (Å²) in [6, 6.07) is -0.969. The number of carbonyl (C=O) groups is 1. The first kappa shape index (κ1) is 80.8. The fraction of sp³-hybridized carbons (Fsp3) is 0.957. The van der Waals surface area contributed by atoms with Crippen molar-refractivity contribution in [1.29, 1.82) is 0 Å². The van der Waals surface area contributed by atoms with E-state index in [2.05, 4.69) is 19.2 Å². The molecule has 0 aromatic rings. The molecule has 3 aliphatic heterocycles. The molecule has 520 valence electrons. The molecule has 3 rings (SSSR count). The van der Waals surface area contributed by atoms with Gasteiger partial charge in [-0.3, -0.25) is 4.79 Å². The van der Waals surface area contributed by atoms with Gasteiger partial charge in [0.1, 0.15) is 73.2 Å². The Kier molecular flexibility index (Phi) is 47.6. The highest BCUT2D eigenvalue weighted by atomic mass is 16.8. The van der Waals surface area contributed by atoms with Crippen LogP contribution in [0.15, 0.2) is 12.2 Å². The lowest BCUT2D eigenvalue weighted by molar-refractivity contribution is -0.379. The van der Waals surface area contributed by atoms with Crippen molar-refractivity contribution in [3.05, 3.63) is 12.2 Å². The Morgan fingerprint density at radius 3 is 1.07 bits per heavy atom. The summed E-state index contributed by atoms with van der Waals surface area (Å²) in [7, 11) is 0. The van der Waals surface area contributed by atoms with Crippen LogP contribution in [0, 0.1) is 0 Å². The highest BCUT2D eigenvalue weighted by Gasteiger charge is 2.53. The summed E-state index contributed by atoms with van der Waals surface area (Å²) in [6.07, 6.45) is 30.4. The zero-order valence-electron chi connectivity index (χ0n) is 55.0. The lowest BCUT2D eigenvalue weighted by atomic mass is 9.96. The zero-order chi connectivity index (χ0) is 64.0. The Labute approximate surface area is 531 Å². The molecule has 88 heavy (non-hydrogen) atoms. The molecule has 17 atom stereocenters. The number of unbranched alkanes of at least 4 members (excludes halogenated alkanes) is 40. The van der Waals surface area contributed by atoms with Crippen molar-refractivity contribution in [1.82, 2.24) is 5.32 Å². The van der Waals surface area contributed by atoms with Gasteiger partial charge in [-0.2, -0.15) is 0 Å². The van der Waals surface area contributed by atoms with Crippen molar-refractivity contribution in [2.24, 2.45) is 0 Å². The number of amides is 1. The molecule has 1 amide bonds. The van der Waals surface area contributed by atoms with E-state index in [4.69, 9.17) is 28.4 Å². The molecule has 0 radical (unpaired) electrons. The third-order valence-corrected chi connectivity index (χ3v) is 18.3. The van der Waals surface area contributed by atoms with Gasteiger partial charge in [-0.1, -0.05) is 276 Å². The average Bonchev–Trinajstić information content (AvgIpc) is 3.71. The minimum atomic E-state index is -1.98. The highest BCUT2D eigenvalue weighted by molar-refractivity contribution is 5.76. The van der Waals surface area contributed by atoms with E-state index in [9.17, 15) is 61.0 Å². The first-order valence-electron chi connectivity index (χ1n) is 35.9. The van der Waals surface area contributed by atoms with E-state index in [0.29, 0.717) is 6.42 Å². The lowest BCUT2D eigenvalue weighted by Gasteiger charge is -2.48. The molecule has 0 aromatic heterocycles. The fourth-order valence-electron chi connectivity index (χ4n) is 12.5. The van der Waals surface area contributed by atoms with Gasteiger partial charge in [0.25, 0.3) is 0 Å². The molecule has 19 nitrogen and oxygen atoms in total. The summed E-state index contributed by atoms with van der Waals surface area (Å²) in [5, 5.41) is 121. The minimum absolute atomic E-state index is 0.250. The predicted octanol–water partition coefficient (Wildman–Crippen LogP) is 9.67. The van der Waals surface area contributed by atoms with Crippen LogP contribution in [0.1, 0.15) is 290 Å². The molecule has 3 aliphatic rings. The van der Waals surface area contributed by atoms with E-state index < -0.39 is 124 Å². The number of aliphatic hydroxyl groups is 11. The number of carbonyl (C=O) groups excluding carboxylic acids is 1. The largest absolute Gasteiger partial charge is 0.394 e. The molecule has 0 aromatic carbocycles. The van der Waals surface area contributed by atoms with Crippen LogP contribution in [0.25, 0.3) is 0 Å². The molecule has 19 heteroatoms. The van der Waals surface area contributed by atoms with E-state index in [1.807, 2.05) is 6.08 Å². The zero-order valence-corrected chi connectivity index (χ0v) is 55.0. The van der Waals surface area contributed by atoms with Crippen LogP contribution in [-0.2, 0) is 33.2 Å². The minimum Gasteiger partial charge on any atom is -0.394 e. The average molecular weight is 1260 g/mol. The molecule has 0 saturated carbocycles. The number of ether oxygens (including phenoxy) is 6. The normalized spacial score (nSPS) is 28.4. The maximum Gasteiger partial charge on any atom is 0.220 e. The van der Waals surface area contributed by atoms with Gasteiger partial charge in [0, 0.05) is 6.42 Å². The van der Waals surface area contributed by atoms with Crippen molar-refractivity contribution in [3.63, 3.8) is 0 Å². The third kappa shape index (κ3) is 33.6. The molecule has 0 spiro atoms. The Hall–Kier alpha value is -1.47. The van der Waals surface area contributed by atoms with E-state index >= 15 is 0 Å². The number of aliphatic hydroxyl groups excluding tert-OH is 11. The first-order chi connectivity index (χ1) is 42.8. The van der Waals surface area contributed by atoms with Crippen LogP contribution in [-0.4, -0.2) is 193 Å². The van der Waals surface area contributed by atoms with Crippen LogP contribution in [0.5, 0.6) is 0 Å². The van der Waals surface area contributed by atoms with Gasteiger partial charge in [0.05, 0.1) is 38.6 Å². The second-order valence-electron chi connectivity index (χ2n) is 26.1. The lowest BCUT2D eigenvalue weighted by Crippen LogP contribution is -2.66. The van der Waals surface area contributed by atoms with E-state index in [-0.39, 0.29) is 18.9 Å². The highest BCUT2D eigenvalue weighted by Crippen LogP contribution is 2.33. The molecule has 0 aliphatic carbocycles. The third-order valence-electron chi connectivity index (χ3n) is 18.3. The van der Waals surface area contributed by atoms with Crippen molar-refractivity contribution >= 4 is 5.91 Å². The van der Waals surface area contributed by atoms with Crippen molar-refractivity contribution < 1.29 is 89.4 Å². The fourth-order valence-corrected chi connectivity index (χ4v) is 12.5. The van der Waals surface area contributed by atoms with Crippen molar-refractivity contribution in [2.45, 2.75) is 394 Å². The summed E-state index contributed by atoms with van der Waals surface area (Å²) >= 11 is 0. The molecular formula is C69H131NO18. The molecule has 3 heterocycles. The van der Waals surface area contributed by atoms with Gasteiger partial charge in [0.15, 0.2) is 18.9 Å². The second kappa shape index (κ2) is 51.9. The quantitative estimate of drug-likeness (QED) is 0.0199. The molecule has 3 fully saturated rings. The number of rotatable bonds is 56. The van der Waals surface area contributed by atoms with Gasteiger partial charge < -0.3 is 89.9 Å². The van der Waals surface area contributed by atoms with Gasteiger partial charge in [0.2, 0.25) is 5.91 Å². The van der Waals surface area contributed by atoms with Crippen LogP contribution < -0.4 is 5.32 Å². The topological polar surface area (TPSA) is 307 Å².